The average Bonchev–Trinajstić information content (AvgIpc) is 2.14. The molecule has 5 heteroatoms. The summed E-state index contributed by atoms with van der Waals surface area (Å²) in [6, 6.07) is 0. The van der Waals surface area contributed by atoms with Gasteiger partial charge in [-0.15, -0.1) is 0 Å². The van der Waals surface area contributed by atoms with Crippen LogP contribution < -0.4 is 0 Å². The van der Waals surface area contributed by atoms with E-state index >= 15 is 0 Å². The van der Waals surface area contributed by atoms with Gasteiger partial charge in [0.1, 0.15) is 0 Å². The Kier molecular flexibility index (Phi) is 5.91. The third-order valence-corrected chi connectivity index (χ3v) is 4.23. The summed E-state index contributed by atoms with van der Waals surface area (Å²) in [7, 11) is -3.41. The van der Waals surface area contributed by atoms with Crippen molar-refractivity contribution in [2.45, 2.75) is 40.7 Å². The van der Waals surface area contributed by atoms with Crippen molar-refractivity contribution < 1.29 is 18.7 Å². The summed E-state index contributed by atoms with van der Waals surface area (Å²) in [6.07, 6.45) is -0.920. The summed E-state index contributed by atoms with van der Waals surface area (Å²) < 4.78 is 22.5. The van der Waals surface area contributed by atoms with Crippen LogP contribution in [0.2, 0.25) is 0 Å². The Morgan fingerprint density at radius 2 is 1.69 bits per heavy atom. The lowest BCUT2D eigenvalue weighted by Crippen LogP contribution is -2.28. The summed E-state index contributed by atoms with van der Waals surface area (Å²) in [5.41, 5.74) is -0.444. The largest absolute Gasteiger partial charge is 0.388 e. The topological polar surface area (TPSA) is 55.8 Å². The predicted octanol–water partition coefficient (Wildman–Crippen LogP) is 3.17. The van der Waals surface area contributed by atoms with Gasteiger partial charge < -0.3 is 14.2 Å². The fraction of sp³-hybridized carbons (Fsp3) is 0.818. The molecule has 1 unspecified atom stereocenters. The lowest BCUT2D eigenvalue weighted by atomic mass is 9.89. The van der Waals surface area contributed by atoms with Crippen molar-refractivity contribution in [3.8, 4) is 0 Å². The van der Waals surface area contributed by atoms with E-state index in [1.807, 2.05) is 20.8 Å². The van der Waals surface area contributed by atoms with Gasteiger partial charge in [0.05, 0.1) is 24.6 Å². The minimum absolute atomic E-state index is 0.128. The highest BCUT2D eigenvalue weighted by Crippen LogP contribution is 2.58. The van der Waals surface area contributed by atoms with Gasteiger partial charge in [-0.1, -0.05) is 27.4 Å². The number of hydrogen-bond acceptors (Lipinski definition) is 4. The van der Waals surface area contributed by atoms with Crippen LogP contribution in [0.4, 0.5) is 0 Å². The summed E-state index contributed by atoms with van der Waals surface area (Å²) in [5.74, 6) is 0. The first-order valence-corrected chi connectivity index (χ1v) is 6.99. The van der Waals surface area contributed by atoms with Crippen LogP contribution in [0.3, 0.4) is 0 Å². The summed E-state index contributed by atoms with van der Waals surface area (Å²) in [5, 5.41) is 10.1. The summed E-state index contributed by atoms with van der Waals surface area (Å²) >= 11 is 0. The molecule has 0 aliphatic carbocycles. The molecule has 0 saturated heterocycles. The lowest BCUT2D eigenvalue weighted by molar-refractivity contribution is 0.0950. The molecule has 96 valence electrons. The zero-order valence-electron chi connectivity index (χ0n) is 10.8. The molecule has 16 heavy (non-hydrogen) atoms. The Bertz CT molecular complexity index is 270. The SMILES string of the molecule is C=C(C(O)C(C)(C)C)P(=O)(OCC)OCC. The maximum atomic E-state index is 12.3. The number of rotatable bonds is 6. The summed E-state index contributed by atoms with van der Waals surface area (Å²) in [4.78, 5) is 0. The van der Waals surface area contributed by atoms with Gasteiger partial charge in [-0.05, 0) is 19.3 Å². The predicted molar refractivity (Wildman–Crippen MR) is 65.5 cm³/mol. The molecule has 0 rings (SSSR count). The molecule has 0 aromatic rings. The summed E-state index contributed by atoms with van der Waals surface area (Å²) in [6.45, 7) is 13.1. The van der Waals surface area contributed by atoms with E-state index in [4.69, 9.17) is 9.05 Å². The van der Waals surface area contributed by atoms with Crippen molar-refractivity contribution in [2.24, 2.45) is 5.41 Å². The molecule has 0 aromatic carbocycles. The highest BCUT2D eigenvalue weighted by Gasteiger charge is 2.37. The van der Waals surface area contributed by atoms with Gasteiger partial charge >= 0.3 is 7.60 Å². The molecule has 4 nitrogen and oxygen atoms in total. The van der Waals surface area contributed by atoms with Crippen LogP contribution in [0.25, 0.3) is 0 Å². The van der Waals surface area contributed by atoms with Crippen LogP contribution in [0.5, 0.6) is 0 Å². The van der Waals surface area contributed by atoms with Gasteiger partial charge in [-0.2, -0.15) is 0 Å². The zero-order chi connectivity index (χ0) is 13.0. The fourth-order valence-electron chi connectivity index (χ4n) is 1.19. The Hall–Kier alpha value is -0.150. The van der Waals surface area contributed by atoms with Gasteiger partial charge in [-0.3, -0.25) is 4.57 Å². The Balaban J connectivity index is 4.96. The van der Waals surface area contributed by atoms with Crippen LogP contribution >= 0.6 is 7.60 Å². The fourth-order valence-corrected chi connectivity index (χ4v) is 2.97. The van der Waals surface area contributed by atoms with Gasteiger partial charge in [-0.25, -0.2) is 0 Å². The molecule has 0 aliphatic rings. The van der Waals surface area contributed by atoms with E-state index in [2.05, 4.69) is 6.58 Å². The Morgan fingerprint density at radius 1 is 1.31 bits per heavy atom. The molecule has 0 fully saturated rings. The van der Waals surface area contributed by atoms with Crippen molar-refractivity contribution in [1.82, 2.24) is 0 Å². The van der Waals surface area contributed by atoms with E-state index in [-0.39, 0.29) is 18.5 Å². The van der Waals surface area contributed by atoms with E-state index in [1.165, 1.54) is 0 Å². The highest BCUT2D eigenvalue weighted by atomic mass is 31.2. The first-order valence-electron chi connectivity index (χ1n) is 5.45. The number of hydrogen-bond donors (Lipinski definition) is 1. The second-order valence-corrected chi connectivity index (χ2v) is 6.68. The van der Waals surface area contributed by atoms with Gasteiger partial charge in [0.2, 0.25) is 0 Å². The lowest BCUT2D eigenvalue weighted by Gasteiger charge is -2.30. The highest BCUT2D eigenvalue weighted by molar-refractivity contribution is 7.58. The quantitative estimate of drug-likeness (QED) is 0.735. The van der Waals surface area contributed by atoms with E-state index < -0.39 is 19.1 Å². The normalized spacial score (nSPS) is 14.9. The average molecular weight is 250 g/mol. The van der Waals surface area contributed by atoms with E-state index in [9.17, 15) is 9.67 Å². The molecular formula is C11H23O4P. The molecule has 0 amide bonds. The first kappa shape index (κ1) is 15.9. The van der Waals surface area contributed by atoms with Crippen LogP contribution in [-0.4, -0.2) is 24.4 Å². The van der Waals surface area contributed by atoms with Gasteiger partial charge in [0.25, 0.3) is 0 Å². The number of aliphatic hydroxyl groups is 1. The third-order valence-electron chi connectivity index (χ3n) is 2.09. The smallest absolute Gasteiger partial charge is 0.359 e. The molecule has 0 aliphatic heterocycles. The zero-order valence-corrected chi connectivity index (χ0v) is 11.7. The molecule has 1 N–H and O–H groups in total. The van der Waals surface area contributed by atoms with E-state index in [1.54, 1.807) is 13.8 Å². The maximum Gasteiger partial charge on any atom is 0.359 e. The minimum atomic E-state index is -3.41. The van der Waals surface area contributed by atoms with Crippen molar-refractivity contribution in [1.29, 1.82) is 0 Å². The van der Waals surface area contributed by atoms with Crippen molar-refractivity contribution in [2.75, 3.05) is 13.2 Å². The molecule has 0 spiro atoms. The van der Waals surface area contributed by atoms with Gasteiger partial charge in [0, 0.05) is 0 Å². The van der Waals surface area contributed by atoms with Crippen LogP contribution in [-0.2, 0) is 13.6 Å². The molecule has 0 heterocycles. The van der Waals surface area contributed by atoms with E-state index in [0.29, 0.717) is 0 Å². The van der Waals surface area contributed by atoms with Crippen molar-refractivity contribution in [3.63, 3.8) is 0 Å². The van der Waals surface area contributed by atoms with Crippen molar-refractivity contribution in [3.05, 3.63) is 11.9 Å². The molecular weight excluding hydrogens is 227 g/mol. The monoisotopic (exact) mass is 250 g/mol. The third kappa shape index (κ3) is 4.02. The van der Waals surface area contributed by atoms with Crippen LogP contribution in [0.15, 0.2) is 11.9 Å². The molecule has 0 aromatic heterocycles. The second kappa shape index (κ2) is 5.97. The second-order valence-electron chi connectivity index (χ2n) is 4.59. The molecule has 0 radical (unpaired) electrons. The molecule has 0 bridgehead atoms. The molecule has 1 atom stereocenters. The first-order chi connectivity index (χ1) is 7.19. The Labute approximate surface area is 98.2 Å². The van der Waals surface area contributed by atoms with Crippen LogP contribution in [0, 0.1) is 5.41 Å². The molecule has 0 saturated carbocycles. The maximum absolute atomic E-state index is 12.3. The standard InChI is InChI=1S/C11H23O4P/c1-7-14-16(13,15-8-2)9(3)10(12)11(4,5)6/h10,12H,3,7-8H2,1-2,4-6H3. The van der Waals surface area contributed by atoms with Crippen molar-refractivity contribution >= 4 is 7.60 Å². The minimum Gasteiger partial charge on any atom is -0.388 e. The van der Waals surface area contributed by atoms with Crippen LogP contribution in [0.1, 0.15) is 34.6 Å². The number of aliphatic hydroxyl groups excluding tert-OH is 1. The van der Waals surface area contributed by atoms with Gasteiger partial charge in [0.15, 0.2) is 0 Å². The Morgan fingerprint density at radius 3 is 1.94 bits per heavy atom. The van der Waals surface area contributed by atoms with E-state index in [0.717, 1.165) is 0 Å².